The number of piperazine rings is 1. The van der Waals surface area contributed by atoms with E-state index in [-0.39, 0.29) is 17.4 Å². The maximum atomic E-state index is 13.0. The number of carbonyl (C=O) groups is 1. The Morgan fingerprint density at radius 2 is 1.57 bits per heavy atom. The Labute approximate surface area is 162 Å². The molecule has 1 aromatic heterocycles. The van der Waals surface area contributed by atoms with Gasteiger partial charge in [-0.05, 0) is 36.4 Å². The average Bonchev–Trinajstić information content (AvgIpc) is 2.76. The maximum Gasteiger partial charge on any atom is 0.274 e. The summed E-state index contributed by atoms with van der Waals surface area (Å²) in [5.41, 5.74) is 2.01. The highest BCUT2D eigenvalue weighted by Crippen LogP contribution is 2.19. The first-order chi connectivity index (χ1) is 13.7. The van der Waals surface area contributed by atoms with Crippen molar-refractivity contribution in [2.24, 2.45) is 0 Å². The van der Waals surface area contributed by atoms with E-state index in [0.717, 1.165) is 32.0 Å². The van der Waals surface area contributed by atoms with Gasteiger partial charge in [-0.2, -0.15) is 0 Å². The van der Waals surface area contributed by atoms with Gasteiger partial charge in [0.15, 0.2) is 0 Å². The topological polar surface area (TPSA) is 61.4 Å². The highest BCUT2D eigenvalue weighted by atomic mass is 19.1. The molecule has 0 radical (unpaired) electrons. The molecular weight excluding hydrogens is 357 g/mol. The SMILES string of the molecule is O=C(Nc1ccc(F)cc1)c1cc(N2CCN(c3ccccc3)CC2)ncn1. The van der Waals surface area contributed by atoms with E-state index >= 15 is 0 Å². The molecule has 2 heterocycles. The summed E-state index contributed by atoms with van der Waals surface area (Å²) in [4.78, 5) is 25.3. The lowest BCUT2D eigenvalue weighted by Gasteiger charge is -2.36. The summed E-state index contributed by atoms with van der Waals surface area (Å²) in [6, 6.07) is 17.6. The zero-order valence-electron chi connectivity index (χ0n) is 15.3. The van der Waals surface area contributed by atoms with Gasteiger partial charge in [-0.3, -0.25) is 4.79 Å². The van der Waals surface area contributed by atoms with Gasteiger partial charge in [0.1, 0.15) is 23.7 Å². The van der Waals surface area contributed by atoms with E-state index in [2.05, 4.69) is 37.2 Å². The summed E-state index contributed by atoms with van der Waals surface area (Å²) in [5.74, 6) is 0.0297. The Kier molecular flexibility index (Phi) is 5.14. The molecule has 6 nitrogen and oxygen atoms in total. The second kappa shape index (κ2) is 8.04. The molecule has 1 fully saturated rings. The zero-order valence-corrected chi connectivity index (χ0v) is 15.3. The number of carbonyl (C=O) groups excluding carboxylic acids is 1. The van der Waals surface area contributed by atoms with Crippen LogP contribution in [0.25, 0.3) is 0 Å². The number of nitrogens with zero attached hydrogens (tertiary/aromatic N) is 4. The normalized spacial score (nSPS) is 14.0. The predicted molar refractivity (Wildman–Crippen MR) is 107 cm³/mol. The second-order valence-corrected chi connectivity index (χ2v) is 6.53. The van der Waals surface area contributed by atoms with Crippen LogP contribution in [0.1, 0.15) is 10.5 Å². The van der Waals surface area contributed by atoms with Crippen molar-refractivity contribution in [3.05, 3.63) is 78.5 Å². The largest absolute Gasteiger partial charge is 0.368 e. The maximum absolute atomic E-state index is 13.0. The Hall–Kier alpha value is -3.48. The van der Waals surface area contributed by atoms with Gasteiger partial charge in [0.2, 0.25) is 0 Å². The lowest BCUT2D eigenvalue weighted by molar-refractivity contribution is 0.102. The molecule has 0 saturated carbocycles. The van der Waals surface area contributed by atoms with Crippen molar-refractivity contribution in [3.8, 4) is 0 Å². The molecule has 0 spiro atoms. The number of halogens is 1. The molecule has 0 atom stereocenters. The highest BCUT2D eigenvalue weighted by Gasteiger charge is 2.19. The number of amides is 1. The first-order valence-corrected chi connectivity index (χ1v) is 9.13. The standard InChI is InChI=1S/C21H20FN5O/c22-16-6-8-17(9-7-16)25-21(28)19-14-20(24-15-23-19)27-12-10-26(11-13-27)18-4-2-1-3-5-18/h1-9,14-15H,10-13H2,(H,25,28). The van der Waals surface area contributed by atoms with Crippen LogP contribution in [0.3, 0.4) is 0 Å². The van der Waals surface area contributed by atoms with Crippen molar-refractivity contribution < 1.29 is 9.18 Å². The Balaban J connectivity index is 1.41. The number of hydrogen-bond donors (Lipinski definition) is 1. The van der Waals surface area contributed by atoms with Gasteiger partial charge >= 0.3 is 0 Å². The second-order valence-electron chi connectivity index (χ2n) is 6.53. The van der Waals surface area contributed by atoms with E-state index in [0.29, 0.717) is 5.69 Å². The molecule has 1 aliphatic heterocycles. The highest BCUT2D eigenvalue weighted by molar-refractivity contribution is 6.03. The molecule has 1 saturated heterocycles. The number of para-hydroxylation sites is 1. The van der Waals surface area contributed by atoms with Gasteiger partial charge in [0.05, 0.1) is 0 Å². The lowest BCUT2D eigenvalue weighted by Crippen LogP contribution is -2.46. The van der Waals surface area contributed by atoms with Crippen LogP contribution < -0.4 is 15.1 Å². The van der Waals surface area contributed by atoms with E-state index in [9.17, 15) is 9.18 Å². The van der Waals surface area contributed by atoms with E-state index in [4.69, 9.17) is 0 Å². The minimum absolute atomic E-state index is 0.278. The van der Waals surface area contributed by atoms with E-state index in [1.807, 2.05) is 18.2 Å². The summed E-state index contributed by atoms with van der Waals surface area (Å²) in [6.45, 7) is 3.38. The average molecular weight is 377 g/mol. The number of rotatable bonds is 4. The fraction of sp³-hybridized carbons (Fsp3) is 0.190. The molecule has 0 aliphatic carbocycles. The van der Waals surface area contributed by atoms with Gasteiger partial charge < -0.3 is 15.1 Å². The molecule has 2 aromatic carbocycles. The molecule has 4 rings (SSSR count). The monoisotopic (exact) mass is 377 g/mol. The number of nitrogens with one attached hydrogen (secondary N) is 1. The molecule has 1 aliphatic rings. The molecule has 0 bridgehead atoms. The van der Waals surface area contributed by atoms with Crippen molar-refractivity contribution in [2.75, 3.05) is 41.3 Å². The molecule has 1 N–H and O–H groups in total. The van der Waals surface area contributed by atoms with Crippen LogP contribution in [0.4, 0.5) is 21.6 Å². The van der Waals surface area contributed by atoms with Crippen LogP contribution >= 0.6 is 0 Å². The zero-order chi connectivity index (χ0) is 19.3. The van der Waals surface area contributed by atoms with Crippen LogP contribution in [-0.4, -0.2) is 42.1 Å². The van der Waals surface area contributed by atoms with Gasteiger partial charge in [-0.25, -0.2) is 14.4 Å². The third-order valence-corrected chi connectivity index (χ3v) is 4.71. The van der Waals surface area contributed by atoms with Crippen LogP contribution in [-0.2, 0) is 0 Å². The quantitative estimate of drug-likeness (QED) is 0.757. The van der Waals surface area contributed by atoms with Gasteiger partial charge in [-0.15, -0.1) is 0 Å². The summed E-state index contributed by atoms with van der Waals surface area (Å²) in [5, 5.41) is 2.72. The first-order valence-electron chi connectivity index (χ1n) is 9.13. The smallest absolute Gasteiger partial charge is 0.274 e. The fourth-order valence-electron chi connectivity index (χ4n) is 3.21. The van der Waals surface area contributed by atoms with Crippen molar-refractivity contribution in [3.63, 3.8) is 0 Å². The van der Waals surface area contributed by atoms with Gasteiger partial charge in [0, 0.05) is 43.6 Å². The number of aromatic nitrogens is 2. The van der Waals surface area contributed by atoms with Crippen LogP contribution in [0, 0.1) is 5.82 Å². The molecule has 0 unspecified atom stereocenters. The number of benzene rings is 2. The Morgan fingerprint density at radius 3 is 2.29 bits per heavy atom. The van der Waals surface area contributed by atoms with Crippen molar-refractivity contribution in [2.45, 2.75) is 0 Å². The van der Waals surface area contributed by atoms with Gasteiger partial charge in [0.25, 0.3) is 5.91 Å². The number of anilines is 3. The minimum Gasteiger partial charge on any atom is -0.368 e. The third-order valence-electron chi connectivity index (χ3n) is 4.71. The molecule has 3 aromatic rings. The predicted octanol–water partition coefficient (Wildman–Crippen LogP) is 3.19. The minimum atomic E-state index is -0.350. The van der Waals surface area contributed by atoms with E-state index in [1.165, 1.54) is 36.3 Å². The van der Waals surface area contributed by atoms with Crippen LogP contribution in [0.5, 0.6) is 0 Å². The van der Waals surface area contributed by atoms with Crippen molar-refractivity contribution in [1.29, 1.82) is 0 Å². The van der Waals surface area contributed by atoms with Crippen LogP contribution in [0.15, 0.2) is 67.0 Å². The molecule has 142 valence electrons. The van der Waals surface area contributed by atoms with Crippen LogP contribution in [0.2, 0.25) is 0 Å². The van der Waals surface area contributed by atoms with Crippen molar-refractivity contribution in [1.82, 2.24) is 9.97 Å². The summed E-state index contributed by atoms with van der Waals surface area (Å²) in [6.07, 6.45) is 1.40. The first kappa shape index (κ1) is 17.9. The Bertz CT molecular complexity index is 941. The fourth-order valence-corrected chi connectivity index (χ4v) is 3.21. The molecule has 28 heavy (non-hydrogen) atoms. The Morgan fingerprint density at radius 1 is 0.893 bits per heavy atom. The summed E-state index contributed by atoms with van der Waals surface area (Å²) in [7, 11) is 0. The molecule has 7 heteroatoms. The van der Waals surface area contributed by atoms with E-state index < -0.39 is 0 Å². The summed E-state index contributed by atoms with van der Waals surface area (Å²) < 4.78 is 13.0. The molecule has 1 amide bonds. The number of hydrogen-bond acceptors (Lipinski definition) is 5. The van der Waals surface area contributed by atoms with E-state index in [1.54, 1.807) is 6.07 Å². The van der Waals surface area contributed by atoms with Gasteiger partial charge in [-0.1, -0.05) is 18.2 Å². The van der Waals surface area contributed by atoms with Crippen molar-refractivity contribution >= 4 is 23.1 Å². The lowest BCUT2D eigenvalue weighted by atomic mass is 10.2. The third kappa shape index (κ3) is 4.09. The summed E-state index contributed by atoms with van der Waals surface area (Å²) >= 11 is 0. The molecular formula is C21H20FN5O.